The van der Waals surface area contributed by atoms with Crippen LogP contribution >= 0.6 is 11.3 Å². The minimum absolute atomic E-state index is 0.0349. The molecule has 2 aliphatic heterocycles. The molecule has 10 nitrogen and oxygen atoms in total. The Kier molecular flexibility index (Phi) is 5.02. The molecule has 0 bridgehead atoms. The van der Waals surface area contributed by atoms with Crippen molar-refractivity contribution in [3.63, 3.8) is 0 Å². The van der Waals surface area contributed by atoms with Gasteiger partial charge in [-0.05, 0) is 30.0 Å². The van der Waals surface area contributed by atoms with E-state index in [-0.39, 0.29) is 43.7 Å². The molecule has 4 heterocycles. The Labute approximate surface area is 186 Å². The van der Waals surface area contributed by atoms with Crippen molar-refractivity contribution < 1.29 is 19.2 Å². The predicted octanol–water partition coefficient (Wildman–Crippen LogP) is 1.41. The summed E-state index contributed by atoms with van der Waals surface area (Å²) >= 11 is 1.54. The molecule has 1 aromatic carbocycles. The van der Waals surface area contributed by atoms with Crippen LogP contribution < -0.4 is 10.6 Å². The van der Waals surface area contributed by atoms with Gasteiger partial charge in [0.15, 0.2) is 0 Å². The van der Waals surface area contributed by atoms with E-state index in [2.05, 4.69) is 20.9 Å². The molecule has 4 amide bonds. The molecule has 1 atom stereocenters. The topological polar surface area (TPSA) is 126 Å². The van der Waals surface area contributed by atoms with Crippen LogP contribution in [0.3, 0.4) is 0 Å². The summed E-state index contributed by atoms with van der Waals surface area (Å²) in [5.74, 6) is -1.41. The zero-order valence-corrected chi connectivity index (χ0v) is 17.6. The Balaban J connectivity index is 1.30. The number of amides is 4. The Morgan fingerprint density at radius 2 is 2.09 bits per heavy atom. The van der Waals surface area contributed by atoms with Crippen molar-refractivity contribution in [2.45, 2.75) is 32.0 Å². The number of benzene rings is 1. The van der Waals surface area contributed by atoms with Gasteiger partial charge in [-0.3, -0.25) is 24.5 Å². The van der Waals surface area contributed by atoms with Crippen LogP contribution in [0.1, 0.15) is 28.8 Å². The minimum Gasteiger partial charge on any atom is -0.324 e. The van der Waals surface area contributed by atoms with Crippen molar-refractivity contribution in [2.75, 3.05) is 5.32 Å². The van der Waals surface area contributed by atoms with E-state index in [1.165, 1.54) is 20.9 Å². The first-order valence-corrected chi connectivity index (χ1v) is 10.9. The second-order valence-electron chi connectivity index (χ2n) is 7.56. The summed E-state index contributed by atoms with van der Waals surface area (Å²) in [7, 11) is 0. The molecule has 32 heavy (non-hydrogen) atoms. The number of anilines is 1. The van der Waals surface area contributed by atoms with Crippen LogP contribution in [-0.4, -0.2) is 49.6 Å². The Hall–Kier alpha value is -3.86. The van der Waals surface area contributed by atoms with Gasteiger partial charge in [0, 0.05) is 29.8 Å². The SMILES string of the molecule is O=C1CCC(N2Cc3c(NC(=O)Cn4cc(-c5cccs5)nn4)cccc3C2=O)C(=O)N1. The van der Waals surface area contributed by atoms with Crippen molar-refractivity contribution in [1.82, 2.24) is 25.2 Å². The van der Waals surface area contributed by atoms with Crippen LogP contribution in [0.15, 0.2) is 41.9 Å². The Bertz CT molecular complexity index is 1230. The van der Waals surface area contributed by atoms with Crippen LogP contribution in [0.2, 0.25) is 0 Å². The molecular formula is C21H18N6O4S. The van der Waals surface area contributed by atoms with Crippen LogP contribution in [0.4, 0.5) is 5.69 Å². The molecule has 0 aliphatic carbocycles. The summed E-state index contributed by atoms with van der Waals surface area (Å²) < 4.78 is 1.45. The largest absolute Gasteiger partial charge is 0.324 e. The number of piperidine rings is 1. The van der Waals surface area contributed by atoms with Gasteiger partial charge in [-0.25, -0.2) is 4.68 Å². The van der Waals surface area contributed by atoms with Gasteiger partial charge in [-0.15, -0.1) is 16.4 Å². The highest BCUT2D eigenvalue weighted by molar-refractivity contribution is 7.13. The highest BCUT2D eigenvalue weighted by atomic mass is 32.1. The molecular weight excluding hydrogens is 432 g/mol. The van der Waals surface area contributed by atoms with Gasteiger partial charge in [0.2, 0.25) is 17.7 Å². The third kappa shape index (κ3) is 3.66. The monoisotopic (exact) mass is 450 g/mol. The molecule has 2 aliphatic rings. The van der Waals surface area contributed by atoms with Crippen molar-refractivity contribution in [2.24, 2.45) is 0 Å². The molecule has 1 saturated heterocycles. The lowest BCUT2D eigenvalue weighted by Gasteiger charge is -2.29. The Morgan fingerprint density at radius 3 is 2.88 bits per heavy atom. The van der Waals surface area contributed by atoms with Gasteiger partial charge < -0.3 is 10.2 Å². The molecule has 0 saturated carbocycles. The maximum Gasteiger partial charge on any atom is 0.255 e. The zero-order valence-electron chi connectivity index (χ0n) is 16.8. The number of nitrogens with zero attached hydrogens (tertiary/aromatic N) is 4. The van der Waals surface area contributed by atoms with Crippen LogP contribution in [-0.2, 0) is 27.5 Å². The van der Waals surface area contributed by atoms with E-state index in [0.29, 0.717) is 22.5 Å². The molecule has 1 fully saturated rings. The smallest absolute Gasteiger partial charge is 0.255 e. The maximum absolute atomic E-state index is 12.9. The second-order valence-corrected chi connectivity index (χ2v) is 8.51. The van der Waals surface area contributed by atoms with E-state index in [4.69, 9.17) is 0 Å². The highest BCUT2D eigenvalue weighted by Crippen LogP contribution is 2.32. The average Bonchev–Trinajstić information content (AvgIpc) is 3.50. The fourth-order valence-corrected chi connectivity index (χ4v) is 4.63. The Morgan fingerprint density at radius 1 is 1.22 bits per heavy atom. The number of rotatable bonds is 5. The summed E-state index contributed by atoms with van der Waals surface area (Å²) in [5.41, 5.74) is 2.29. The van der Waals surface area contributed by atoms with Gasteiger partial charge in [0.1, 0.15) is 18.3 Å². The van der Waals surface area contributed by atoms with Crippen LogP contribution in [0, 0.1) is 0 Å². The molecule has 0 spiro atoms. The first kappa shape index (κ1) is 20.1. The first-order valence-electron chi connectivity index (χ1n) is 10.00. The van der Waals surface area contributed by atoms with Gasteiger partial charge in [0.25, 0.3) is 5.91 Å². The lowest BCUT2D eigenvalue weighted by atomic mass is 10.0. The number of hydrogen-bond donors (Lipinski definition) is 2. The molecule has 0 radical (unpaired) electrons. The third-order valence-electron chi connectivity index (χ3n) is 5.47. The fourth-order valence-electron chi connectivity index (χ4n) is 3.95. The maximum atomic E-state index is 12.9. The van der Waals surface area contributed by atoms with Crippen molar-refractivity contribution in [3.05, 3.63) is 53.0 Å². The lowest BCUT2D eigenvalue weighted by Crippen LogP contribution is -2.52. The molecule has 2 aromatic heterocycles. The number of nitrogens with one attached hydrogen (secondary N) is 2. The summed E-state index contributed by atoms with van der Waals surface area (Å²) in [6, 6.07) is 8.21. The van der Waals surface area contributed by atoms with Crippen LogP contribution in [0.5, 0.6) is 0 Å². The van der Waals surface area contributed by atoms with Gasteiger partial charge >= 0.3 is 0 Å². The van der Waals surface area contributed by atoms with Crippen molar-refractivity contribution >= 4 is 40.7 Å². The summed E-state index contributed by atoms with van der Waals surface area (Å²) in [5, 5.41) is 15.2. The van der Waals surface area contributed by atoms with E-state index in [1.807, 2.05) is 17.5 Å². The predicted molar refractivity (Wildman–Crippen MR) is 114 cm³/mol. The number of imide groups is 1. The number of fused-ring (bicyclic) bond motifs is 1. The van der Waals surface area contributed by atoms with E-state index < -0.39 is 11.9 Å². The molecule has 162 valence electrons. The number of hydrogen-bond acceptors (Lipinski definition) is 7. The molecule has 3 aromatic rings. The first-order chi connectivity index (χ1) is 15.5. The van der Waals surface area contributed by atoms with E-state index in [9.17, 15) is 19.2 Å². The van der Waals surface area contributed by atoms with Gasteiger partial charge in [-0.1, -0.05) is 17.3 Å². The average molecular weight is 450 g/mol. The molecule has 2 N–H and O–H groups in total. The summed E-state index contributed by atoms with van der Waals surface area (Å²) in [6.45, 7) is 0.148. The molecule has 1 unspecified atom stereocenters. The van der Waals surface area contributed by atoms with Crippen molar-refractivity contribution in [3.8, 4) is 10.6 Å². The normalized spacial score (nSPS) is 17.9. The van der Waals surface area contributed by atoms with E-state index in [1.54, 1.807) is 24.4 Å². The highest BCUT2D eigenvalue weighted by Gasteiger charge is 2.39. The quantitative estimate of drug-likeness (QED) is 0.566. The number of carbonyl (C=O) groups excluding carboxylic acids is 4. The number of carbonyl (C=O) groups is 4. The van der Waals surface area contributed by atoms with E-state index >= 15 is 0 Å². The van der Waals surface area contributed by atoms with Crippen molar-refractivity contribution in [1.29, 1.82) is 0 Å². The lowest BCUT2D eigenvalue weighted by molar-refractivity contribution is -0.137. The zero-order chi connectivity index (χ0) is 22.2. The number of aromatic nitrogens is 3. The summed E-state index contributed by atoms with van der Waals surface area (Å²) in [4.78, 5) is 51.6. The van der Waals surface area contributed by atoms with Gasteiger partial charge in [-0.2, -0.15) is 0 Å². The number of thiophene rings is 1. The molecule has 5 rings (SSSR count). The standard InChI is InChI=1S/C21H18N6O4S/c28-18-7-6-16(20(30)23-18)27-9-13-12(21(27)31)3-1-4-14(13)22-19(29)11-26-10-15(24-25-26)17-5-2-8-32-17/h1-5,8,10,16H,6-7,9,11H2,(H,22,29)(H,23,28,30). The third-order valence-corrected chi connectivity index (χ3v) is 6.37. The van der Waals surface area contributed by atoms with Crippen LogP contribution in [0.25, 0.3) is 10.6 Å². The van der Waals surface area contributed by atoms with E-state index in [0.717, 1.165) is 4.88 Å². The second kappa shape index (κ2) is 8.00. The minimum atomic E-state index is -0.707. The fraction of sp³-hybridized carbons (Fsp3) is 0.238. The summed E-state index contributed by atoms with van der Waals surface area (Å²) in [6.07, 6.45) is 2.17. The molecule has 11 heteroatoms. The van der Waals surface area contributed by atoms with Gasteiger partial charge in [0.05, 0.1) is 11.1 Å².